The third-order valence-electron chi connectivity index (χ3n) is 5.13. The van der Waals surface area contributed by atoms with Crippen molar-refractivity contribution in [2.45, 2.75) is 85.7 Å². The van der Waals surface area contributed by atoms with Gasteiger partial charge in [-0.05, 0) is 44.7 Å². The summed E-state index contributed by atoms with van der Waals surface area (Å²) in [6, 6.07) is 1.49. The molecule has 0 aliphatic heterocycles. The average Bonchev–Trinajstić information content (AvgIpc) is 3.02. The van der Waals surface area contributed by atoms with Crippen LogP contribution in [-0.2, 0) is 11.3 Å². The number of rotatable bonds is 15. The topological polar surface area (TPSA) is 93.3 Å². The Morgan fingerprint density at radius 3 is 2.28 bits per heavy atom. The molecule has 1 aromatic rings. The molecule has 2 unspecified atom stereocenters. The fourth-order valence-corrected chi connectivity index (χ4v) is 3.39. The van der Waals surface area contributed by atoms with Crippen molar-refractivity contribution < 1.29 is 9.72 Å². The van der Waals surface area contributed by atoms with Crippen molar-refractivity contribution in [3.63, 3.8) is 0 Å². The maximum Gasteiger partial charge on any atom is 0.390 e. The molecule has 1 N–H and O–H groups in total. The van der Waals surface area contributed by atoms with Gasteiger partial charge in [-0.3, -0.25) is 4.79 Å². The zero-order valence-electron chi connectivity index (χ0n) is 18.8. The monoisotopic (exact) mass is 409 g/mol. The summed E-state index contributed by atoms with van der Waals surface area (Å²) in [6.45, 7) is 13.4. The number of unbranched alkanes of at least 4 members (excludes halogenated alkanes) is 4. The largest absolute Gasteiger partial charge is 0.390 e. The van der Waals surface area contributed by atoms with Gasteiger partial charge in [-0.15, -0.1) is 0 Å². The van der Waals surface area contributed by atoms with Crippen LogP contribution in [0, 0.1) is 23.0 Å². The summed E-state index contributed by atoms with van der Waals surface area (Å²) in [4.78, 5) is 25.4. The fraction of sp³-hybridized carbons (Fsp3) is 0.810. The second kappa shape index (κ2) is 13.3. The number of carbonyl (C=O) groups is 1. The van der Waals surface area contributed by atoms with E-state index in [1.165, 1.54) is 49.3 Å². The first kappa shape index (κ1) is 25.1. The van der Waals surface area contributed by atoms with Crippen molar-refractivity contribution in [1.29, 1.82) is 0 Å². The molecular formula is C21H39N5O3. The molecule has 2 atom stereocenters. The molecule has 0 aliphatic carbocycles. The Morgan fingerprint density at radius 1 is 1.21 bits per heavy atom. The molecule has 0 saturated heterocycles. The molecule has 8 heteroatoms. The molecular weight excluding hydrogens is 370 g/mol. The molecule has 1 rings (SSSR count). The first-order valence-corrected chi connectivity index (χ1v) is 11.0. The predicted molar refractivity (Wildman–Crippen MR) is 116 cm³/mol. The summed E-state index contributed by atoms with van der Waals surface area (Å²) in [7, 11) is 0. The predicted octanol–water partition coefficient (Wildman–Crippen LogP) is 3.92. The van der Waals surface area contributed by atoms with E-state index < -0.39 is 4.92 Å². The number of aromatic nitrogens is 2. The lowest BCUT2D eigenvalue weighted by molar-refractivity contribution is -0.389. The number of aryl methyl sites for hydroxylation is 1. The molecule has 0 saturated carbocycles. The second-order valence-corrected chi connectivity index (χ2v) is 8.11. The lowest BCUT2D eigenvalue weighted by Gasteiger charge is -2.27. The number of nitro groups is 1. The van der Waals surface area contributed by atoms with Crippen LogP contribution in [0.2, 0.25) is 0 Å². The van der Waals surface area contributed by atoms with Crippen molar-refractivity contribution in [2.24, 2.45) is 5.92 Å². The highest BCUT2D eigenvalue weighted by atomic mass is 16.6. The molecule has 8 nitrogen and oxygen atoms in total. The molecule has 166 valence electrons. The van der Waals surface area contributed by atoms with Crippen LogP contribution in [0.25, 0.3) is 0 Å². The third kappa shape index (κ3) is 9.39. The second-order valence-electron chi connectivity index (χ2n) is 8.11. The Labute approximate surface area is 175 Å². The molecule has 0 spiro atoms. The van der Waals surface area contributed by atoms with E-state index in [0.717, 1.165) is 19.6 Å². The van der Waals surface area contributed by atoms with Crippen LogP contribution in [-0.4, -0.2) is 51.2 Å². The number of hydrogen-bond acceptors (Lipinski definition) is 5. The van der Waals surface area contributed by atoms with Crippen molar-refractivity contribution in [3.8, 4) is 0 Å². The molecule has 0 fully saturated rings. The van der Waals surface area contributed by atoms with Gasteiger partial charge in [0.2, 0.25) is 5.91 Å². The van der Waals surface area contributed by atoms with Gasteiger partial charge in [0.1, 0.15) is 0 Å². The van der Waals surface area contributed by atoms with E-state index in [0.29, 0.717) is 12.2 Å². The molecule has 0 aliphatic rings. The number of carbonyl (C=O) groups excluding carboxylic acids is 1. The van der Waals surface area contributed by atoms with Gasteiger partial charge < -0.3 is 20.3 Å². The molecule has 0 bridgehead atoms. The van der Waals surface area contributed by atoms with Crippen molar-refractivity contribution in [3.05, 3.63) is 21.9 Å². The first-order chi connectivity index (χ1) is 13.8. The van der Waals surface area contributed by atoms with Crippen molar-refractivity contribution in [2.75, 3.05) is 19.6 Å². The average molecular weight is 410 g/mol. The highest BCUT2D eigenvalue weighted by Gasteiger charge is 2.22. The number of hydrogen-bond donors (Lipinski definition) is 1. The van der Waals surface area contributed by atoms with E-state index in [-0.39, 0.29) is 23.7 Å². The van der Waals surface area contributed by atoms with Crippen LogP contribution in [0.15, 0.2) is 6.07 Å². The minimum absolute atomic E-state index is 0.0443. The standard InChI is InChI=1S/C21H39N5O3/c1-6-8-10-12-24(13-11-9-7-2)16-18(4)22-21(27)17(3)15-25-19(5)14-20(23-25)26(28)29/h14,17-18H,6-13,15-16H2,1-5H3,(H,22,27). The Kier molecular flexibility index (Phi) is 11.5. The highest BCUT2D eigenvalue weighted by molar-refractivity contribution is 5.78. The Bertz CT molecular complexity index is 622. The van der Waals surface area contributed by atoms with E-state index in [2.05, 4.69) is 29.2 Å². The zero-order chi connectivity index (χ0) is 21.8. The van der Waals surface area contributed by atoms with Crippen LogP contribution < -0.4 is 5.32 Å². The minimum atomic E-state index is -0.512. The number of nitrogens with zero attached hydrogens (tertiary/aromatic N) is 4. The van der Waals surface area contributed by atoms with E-state index in [9.17, 15) is 14.9 Å². The number of amides is 1. The van der Waals surface area contributed by atoms with Crippen LogP contribution >= 0.6 is 0 Å². The van der Waals surface area contributed by atoms with Crippen LogP contribution in [0.3, 0.4) is 0 Å². The Hall–Kier alpha value is -1.96. The summed E-state index contributed by atoms with van der Waals surface area (Å²) in [5.74, 6) is -0.542. The third-order valence-corrected chi connectivity index (χ3v) is 5.13. The van der Waals surface area contributed by atoms with E-state index in [4.69, 9.17) is 0 Å². The number of nitrogens with one attached hydrogen (secondary N) is 1. The van der Waals surface area contributed by atoms with Gasteiger partial charge in [-0.2, -0.15) is 4.68 Å². The van der Waals surface area contributed by atoms with E-state index >= 15 is 0 Å². The Balaban J connectivity index is 2.55. The molecule has 29 heavy (non-hydrogen) atoms. The maximum atomic E-state index is 12.6. The van der Waals surface area contributed by atoms with Gasteiger partial charge in [0, 0.05) is 12.6 Å². The fourth-order valence-electron chi connectivity index (χ4n) is 3.39. The lowest BCUT2D eigenvalue weighted by atomic mass is 10.1. The van der Waals surface area contributed by atoms with Crippen molar-refractivity contribution >= 4 is 11.7 Å². The zero-order valence-corrected chi connectivity index (χ0v) is 18.8. The molecule has 1 heterocycles. The van der Waals surface area contributed by atoms with Gasteiger partial charge in [0.15, 0.2) is 0 Å². The van der Waals surface area contributed by atoms with Crippen LogP contribution in [0.4, 0.5) is 5.82 Å². The SMILES string of the molecule is CCCCCN(CCCCC)CC(C)NC(=O)C(C)Cn1nc([N+](=O)[O-])cc1C. The molecule has 0 radical (unpaired) electrons. The summed E-state index contributed by atoms with van der Waals surface area (Å²) in [6.07, 6.45) is 7.26. The van der Waals surface area contributed by atoms with Gasteiger partial charge in [-0.25, -0.2) is 0 Å². The van der Waals surface area contributed by atoms with Gasteiger partial charge in [0.05, 0.1) is 29.3 Å². The molecule has 0 aromatic carbocycles. The quantitative estimate of drug-likeness (QED) is 0.269. The molecule has 1 aromatic heterocycles. The summed E-state index contributed by atoms with van der Waals surface area (Å²) in [5.41, 5.74) is 0.683. The summed E-state index contributed by atoms with van der Waals surface area (Å²) in [5, 5.41) is 17.9. The minimum Gasteiger partial charge on any atom is -0.358 e. The maximum absolute atomic E-state index is 12.6. The van der Waals surface area contributed by atoms with E-state index in [1.54, 1.807) is 6.92 Å². The smallest absolute Gasteiger partial charge is 0.358 e. The molecule has 1 amide bonds. The summed E-state index contributed by atoms with van der Waals surface area (Å²) < 4.78 is 1.54. The van der Waals surface area contributed by atoms with Crippen LogP contribution in [0.1, 0.15) is 71.9 Å². The van der Waals surface area contributed by atoms with Crippen LogP contribution in [0.5, 0.6) is 0 Å². The highest BCUT2D eigenvalue weighted by Crippen LogP contribution is 2.13. The van der Waals surface area contributed by atoms with Gasteiger partial charge in [0.25, 0.3) is 0 Å². The van der Waals surface area contributed by atoms with Gasteiger partial charge >= 0.3 is 5.82 Å². The van der Waals surface area contributed by atoms with Crippen molar-refractivity contribution in [1.82, 2.24) is 20.0 Å². The summed E-state index contributed by atoms with van der Waals surface area (Å²) >= 11 is 0. The van der Waals surface area contributed by atoms with E-state index in [1.807, 2.05) is 13.8 Å². The first-order valence-electron chi connectivity index (χ1n) is 11.0. The van der Waals surface area contributed by atoms with Gasteiger partial charge in [-0.1, -0.05) is 46.5 Å². The normalized spacial score (nSPS) is 13.4. The lowest BCUT2D eigenvalue weighted by Crippen LogP contribution is -2.45. The Morgan fingerprint density at radius 2 is 1.79 bits per heavy atom.